The molecule has 30 heavy (non-hydrogen) atoms. The van der Waals surface area contributed by atoms with Crippen LogP contribution in [-0.4, -0.2) is 47.3 Å². The third kappa shape index (κ3) is 3.76. The van der Waals surface area contributed by atoms with E-state index in [1.165, 1.54) is 0 Å². The first-order chi connectivity index (χ1) is 14.5. The van der Waals surface area contributed by atoms with Crippen molar-refractivity contribution in [1.29, 1.82) is 5.41 Å². The Bertz CT molecular complexity index is 1110. The second-order valence-corrected chi connectivity index (χ2v) is 7.69. The quantitative estimate of drug-likeness (QED) is 0.513. The highest BCUT2D eigenvalue weighted by molar-refractivity contribution is 5.57. The van der Waals surface area contributed by atoms with Crippen molar-refractivity contribution in [3.05, 3.63) is 71.0 Å². The number of hydrogen-bond acceptors (Lipinski definition) is 6. The number of nitrogens with zero attached hydrogens (tertiary/aromatic N) is 3. The van der Waals surface area contributed by atoms with E-state index in [0.29, 0.717) is 23.7 Å². The first kappa shape index (κ1) is 20.0. The van der Waals surface area contributed by atoms with Crippen LogP contribution in [0.2, 0.25) is 0 Å². The second kappa shape index (κ2) is 8.20. The molecule has 2 aromatic carbocycles. The molecule has 1 aromatic heterocycles. The van der Waals surface area contributed by atoms with Crippen LogP contribution in [0.15, 0.2) is 48.8 Å². The van der Waals surface area contributed by atoms with Gasteiger partial charge in [0.05, 0.1) is 12.7 Å². The van der Waals surface area contributed by atoms with Crippen molar-refractivity contribution in [3.63, 3.8) is 0 Å². The lowest BCUT2D eigenvalue weighted by atomic mass is 9.84. The van der Waals surface area contributed by atoms with Crippen LogP contribution in [-0.2, 0) is 6.54 Å². The SMILES string of the molecule is COc1ccc([C@H]2c3ccc(O)cc3Oc3ncn(CCCN(C)C)c(=N)c32)cc1. The number of aromatic nitrogens is 2. The van der Waals surface area contributed by atoms with Crippen molar-refractivity contribution in [3.8, 4) is 23.1 Å². The van der Waals surface area contributed by atoms with Crippen LogP contribution >= 0.6 is 0 Å². The summed E-state index contributed by atoms with van der Waals surface area (Å²) < 4.78 is 13.2. The number of aromatic hydroxyl groups is 1. The predicted octanol–water partition coefficient (Wildman–Crippen LogP) is 3.31. The number of phenols is 1. The van der Waals surface area contributed by atoms with E-state index in [2.05, 4.69) is 9.88 Å². The molecule has 0 saturated carbocycles. The lowest BCUT2D eigenvalue weighted by Crippen LogP contribution is -2.30. The van der Waals surface area contributed by atoms with Gasteiger partial charge in [-0.15, -0.1) is 0 Å². The Hall–Kier alpha value is -3.32. The molecule has 0 fully saturated rings. The monoisotopic (exact) mass is 406 g/mol. The molecule has 2 N–H and O–H groups in total. The van der Waals surface area contributed by atoms with E-state index in [4.69, 9.17) is 14.9 Å². The van der Waals surface area contributed by atoms with Crippen LogP contribution in [0.1, 0.15) is 29.0 Å². The van der Waals surface area contributed by atoms with Gasteiger partial charge in [0.2, 0.25) is 5.88 Å². The molecule has 1 aliphatic rings. The summed E-state index contributed by atoms with van der Waals surface area (Å²) in [5, 5.41) is 18.8. The summed E-state index contributed by atoms with van der Waals surface area (Å²) in [6.45, 7) is 1.64. The van der Waals surface area contributed by atoms with E-state index in [1.807, 2.05) is 49.0 Å². The van der Waals surface area contributed by atoms with Crippen molar-refractivity contribution in [2.75, 3.05) is 27.7 Å². The topological polar surface area (TPSA) is 83.6 Å². The Morgan fingerprint density at radius 3 is 2.67 bits per heavy atom. The number of benzene rings is 2. The third-order valence-electron chi connectivity index (χ3n) is 5.34. The van der Waals surface area contributed by atoms with Gasteiger partial charge in [-0.2, -0.15) is 0 Å². The van der Waals surface area contributed by atoms with Crippen molar-refractivity contribution < 1.29 is 14.6 Å². The van der Waals surface area contributed by atoms with Crippen LogP contribution < -0.4 is 15.0 Å². The van der Waals surface area contributed by atoms with E-state index in [0.717, 1.165) is 35.4 Å². The summed E-state index contributed by atoms with van der Waals surface area (Å²) in [5.74, 6) is 1.64. The zero-order valence-electron chi connectivity index (χ0n) is 17.4. The second-order valence-electron chi connectivity index (χ2n) is 7.69. The molecular formula is C23H26N4O3. The maximum Gasteiger partial charge on any atom is 0.228 e. The van der Waals surface area contributed by atoms with Gasteiger partial charge >= 0.3 is 0 Å². The minimum Gasteiger partial charge on any atom is -0.508 e. The molecule has 7 nitrogen and oxygen atoms in total. The molecule has 0 aliphatic carbocycles. The van der Waals surface area contributed by atoms with Crippen LogP contribution in [0.3, 0.4) is 0 Å². The number of hydrogen-bond donors (Lipinski definition) is 2. The van der Waals surface area contributed by atoms with Crippen LogP contribution in [0.4, 0.5) is 0 Å². The average molecular weight is 406 g/mol. The molecule has 0 saturated heterocycles. The summed E-state index contributed by atoms with van der Waals surface area (Å²) in [6, 6.07) is 12.9. The molecule has 1 aliphatic heterocycles. The maximum atomic E-state index is 9.94. The highest BCUT2D eigenvalue weighted by Gasteiger charge is 2.32. The summed E-state index contributed by atoms with van der Waals surface area (Å²) >= 11 is 0. The number of phenolic OH excluding ortho intramolecular Hbond substituents is 1. The van der Waals surface area contributed by atoms with Gasteiger partial charge in [-0.3, -0.25) is 5.41 Å². The molecule has 0 amide bonds. The Morgan fingerprint density at radius 2 is 1.97 bits per heavy atom. The van der Waals surface area contributed by atoms with Crippen LogP contribution in [0.25, 0.3) is 0 Å². The minimum atomic E-state index is -0.225. The van der Waals surface area contributed by atoms with Gasteiger partial charge in [-0.1, -0.05) is 18.2 Å². The number of aryl methyl sites for hydroxylation is 1. The molecule has 0 radical (unpaired) electrons. The summed E-state index contributed by atoms with van der Waals surface area (Å²) in [7, 11) is 5.72. The fraction of sp³-hybridized carbons (Fsp3) is 0.304. The Balaban J connectivity index is 1.82. The highest BCUT2D eigenvalue weighted by atomic mass is 16.5. The van der Waals surface area contributed by atoms with E-state index < -0.39 is 0 Å². The molecule has 2 heterocycles. The van der Waals surface area contributed by atoms with Crippen molar-refractivity contribution in [1.82, 2.24) is 14.5 Å². The van der Waals surface area contributed by atoms with E-state index in [1.54, 1.807) is 25.6 Å². The highest BCUT2D eigenvalue weighted by Crippen LogP contribution is 2.46. The summed E-state index contributed by atoms with van der Waals surface area (Å²) in [6.07, 6.45) is 2.58. The van der Waals surface area contributed by atoms with Gasteiger partial charge in [0, 0.05) is 24.1 Å². The first-order valence-electron chi connectivity index (χ1n) is 9.91. The molecule has 7 heteroatoms. The van der Waals surface area contributed by atoms with Crippen molar-refractivity contribution >= 4 is 0 Å². The van der Waals surface area contributed by atoms with Gasteiger partial charge in [-0.05, 0) is 50.8 Å². The molecule has 4 rings (SSSR count). The van der Waals surface area contributed by atoms with E-state index >= 15 is 0 Å². The predicted molar refractivity (Wildman–Crippen MR) is 113 cm³/mol. The fourth-order valence-corrected chi connectivity index (χ4v) is 3.83. The van der Waals surface area contributed by atoms with Gasteiger partial charge in [0.1, 0.15) is 29.1 Å². The standard InChI is InChI=1S/C23H26N4O3/c1-26(2)11-4-12-27-14-25-23-21(22(27)24)20(15-5-8-17(29-3)9-6-15)18-10-7-16(28)13-19(18)30-23/h5-10,13-14,20,24,28H,4,11-12H2,1-3H3/t20-/m0/s1. The Kier molecular flexibility index (Phi) is 5.46. The zero-order valence-corrected chi connectivity index (χ0v) is 17.4. The summed E-state index contributed by atoms with van der Waals surface area (Å²) in [4.78, 5) is 6.64. The molecule has 156 valence electrons. The Morgan fingerprint density at radius 1 is 1.20 bits per heavy atom. The third-order valence-corrected chi connectivity index (χ3v) is 5.34. The molecule has 0 bridgehead atoms. The maximum absolute atomic E-state index is 9.94. The van der Waals surface area contributed by atoms with Gasteiger partial charge in [0.25, 0.3) is 0 Å². The van der Waals surface area contributed by atoms with Crippen molar-refractivity contribution in [2.24, 2.45) is 0 Å². The molecule has 1 atom stereocenters. The van der Waals surface area contributed by atoms with E-state index in [9.17, 15) is 5.11 Å². The van der Waals surface area contributed by atoms with Crippen molar-refractivity contribution in [2.45, 2.75) is 18.9 Å². The lowest BCUT2D eigenvalue weighted by Gasteiger charge is -2.28. The number of ether oxygens (including phenoxy) is 2. The molecule has 0 unspecified atom stereocenters. The zero-order chi connectivity index (χ0) is 21.3. The largest absolute Gasteiger partial charge is 0.508 e. The molecule has 0 spiro atoms. The first-order valence-corrected chi connectivity index (χ1v) is 9.91. The van der Waals surface area contributed by atoms with Crippen LogP contribution in [0, 0.1) is 5.41 Å². The summed E-state index contributed by atoms with van der Waals surface area (Å²) in [5.41, 5.74) is 3.02. The smallest absolute Gasteiger partial charge is 0.228 e. The lowest BCUT2D eigenvalue weighted by molar-refractivity contribution is 0.378. The van der Waals surface area contributed by atoms with Gasteiger partial charge in [-0.25, -0.2) is 4.98 Å². The van der Waals surface area contributed by atoms with Gasteiger partial charge in [0.15, 0.2) is 0 Å². The fourth-order valence-electron chi connectivity index (χ4n) is 3.83. The number of methoxy groups -OCH3 is 1. The minimum absolute atomic E-state index is 0.131. The Labute approximate surface area is 175 Å². The average Bonchev–Trinajstić information content (AvgIpc) is 2.73. The normalized spacial score (nSPS) is 14.7. The molecular weight excluding hydrogens is 380 g/mol. The number of fused-ring (bicyclic) bond motifs is 2. The van der Waals surface area contributed by atoms with E-state index in [-0.39, 0.29) is 11.7 Å². The number of rotatable bonds is 6. The van der Waals surface area contributed by atoms with Crippen LogP contribution in [0.5, 0.6) is 23.1 Å². The van der Waals surface area contributed by atoms with Gasteiger partial charge < -0.3 is 24.0 Å². The molecule has 3 aromatic rings. The number of nitrogens with one attached hydrogen (secondary N) is 1.